The van der Waals surface area contributed by atoms with Gasteiger partial charge in [0.05, 0.1) is 0 Å². The van der Waals surface area contributed by atoms with Crippen molar-refractivity contribution in [1.82, 2.24) is 4.72 Å². The van der Waals surface area contributed by atoms with Crippen LogP contribution in [0.2, 0.25) is 0 Å². The van der Waals surface area contributed by atoms with Crippen molar-refractivity contribution in [3.8, 4) is 0 Å². The van der Waals surface area contributed by atoms with Gasteiger partial charge in [-0.05, 0) is 12.8 Å². The molecule has 0 aromatic carbocycles. The number of hydrogen-bond donors (Lipinski definition) is 2. The molecule has 0 atom stereocenters. The molecule has 0 bridgehead atoms. The zero-order valence-electron chi connectivity index (χ0n) is 5.58. The normalized spacial score (nSPS) is 21.7. The molecule has 1 fully saturated rings. The van der Waals surface area contributed by atoms with Crippen molar-refractivity contribution >= 4 is 10.3 Å². The Morgan fingerprint density at radius 2 is 1.80 bits per heavy atom. The molecule has 2 N–H and O–H groups in total. The highest BCUT2D eigenvalue weighted by Crippen LogP contribution is 2.17. The first kappa shape index (κ1) is 7.97. The average molecular weight is 165 g/mol. The van der Waals surface area contributed by atoms with Crippen LogP contribution < -0.4 is 4.72 Å². The van der Waals surface area contributed by atoms with E-state index < -0.39 is 10.3 Å². The molecule has 10 heavy (non-hydrogen) atoms. The van der Waals surface area contributed by atoms with Gasteiger partial charge in [-0.3, -0.25) is 4.55 Å². The summed E-state index contributed by atoms with van der Waals surface area (Å²) in [6.45, 7) is 0. The first-order valence-corrected chi connectivity index (χ1v) is 4.77. The summed E-state index contributed by atoms with van der Waals surface area (Å²) in [5.41, 5.74) is 0. The molecule has 0 aliphatic heterocycles. The Labute approximate surface area is 60.5 Å². The van der Waals surface area contributed by atoms with Crippen molar-refractivity contribution < 1.29 is 13.0 Å². The summed E-state index contributed by atoms with van der Waals surface area (Å²) in [6, 6.07) is -0.0324. The van der Waals surface area contributed by atoms with Gasteiger partial charge in [0.1, 0.15) is 0 Å². The third-order valence-corrected chi connectivity index (χ3v) is 2.30. The van der Waals surface area contributed by atoms with E-state index in [0.29, 0.717) is 0 Å². The highest BCUT2D eigenvalue weighted by Gasteiger charge is 2.18. The molecule has 0 radical (unpaired) electrons. The summed E-state index contributed by atoms with van der Waals surface area (Å²) in [7, 11) is -3.96. The van der Waals surface area contributed by atoms with Gasteiger partial charge in [0, 0.05) is 6.04 Å². The maximum Gasteiger partial charge on any atom is 0.333 e. The Kier molecular flexibility index (Phi) is 2.28. The van der Waals surface area contributed by atoms with Gasteiger partial charge in [-0.2, -0.15) is 13.1 Å². The molecule has 1 aliphatic carbocycles. The van der Waals surface area contributed by atoms with Crippen LogP contribution in [0.4, 0.5) is 0 Å². The van der Waals surface area contributed by atoms with Crippen LogP contribution in [0, 0.1) is 0 Å². The summed E-state index contributed by atoms with van der Waals surface area (Å²) in [6.07, 6.45) is 3.79. The van der Waals surface area contributed by atoms with E-state index in [-0.39, 0.29) is 6.04 Å². The maximum atomic E-state index is 10.2. The third-order valence-electron chi connectivity index (χ3n) is 1.67. The lowest BCUT2D eigenvalue weighted by atomic mass is 10.3. The summed E-state index contributed by atoms with van der Waals surface area (Å²) in [5.74, 6) is 0. The van der Waals surface area contributed by atoms with Gasteiger partial charge in [0.25, 0.3) is 0 Å². The molecule has 60 valence electrons. The van der Waals surface area contributed by atoms with E-state index in [2.05, 4.69) is 4.72 Å². The van der Waals surface area contributed by atoms with Gasteiger partial charge in [0.15, 0.2) is 0 Å². The lowest BCUT2D eigenvalue weighted by Crippen LogP contribution is -2.31. The van der Waals surface area contributed by atoms with Crippen LogP contribution in [0.5, 0.6) is 0 Å². The van der Waals surface area contributed by atoms with E-state index in [4.69, 9.17) is 4.55 Å². The van der Waals surface area contributed by atoms with Crippen LogP contribution in [0.3, 0.4) is 0 Å². The van der Waals surface area contributed by atoms with Gasteiger partial charge in [-0.25, -0.2) is 0 Å². The molecule has 1 saturated carbocycles. The minimum Gasteiger partial charge on any atom is -0.273 e. The largest absolute Gasteiger partial charge is 0.333 e. The first-order chi connectivity index (χ1) is 4.58. The molecule has 1 aliphatic rings. The number of rotatable bonds is 2. The highest BCUT2D eigenvalue weighted by molar-refractivity contribution is 7.83. The van der Waals surface area contributed by atoms with Gasteiger partial charge >= 0.3 is 10.3 Å². The van der Waals surface area contributed by atoms with E-state index in [1.54, 1.807) is 0 Å². The minimum absolute atomic E-state index is 0.0324. The van der Waals surface area contributed by atoms with E-state index in [1.165, 1.54) is 0 Å². The first-order valence-electron chi connectivity index (χ1n) is 3.33. The standard InChI is InChI=1S/C5H11NO3S/c7-10(8,9)6-5-3-1-2-4-5/h5-6H,1-4H2,(H,7,8,9). The fraction of sp³-hybridized carbons (Fsp3) is 1.00. The molecular weight excluding hydrogens is 154 g/mol. The van der Waals surface area contributed by atoms with Gasteiger partial charge in [-0.15, -0.1) is 0 Å². The Bertz CT molecular complexity index is 193. The Morgan fingerprint density at radius 3 is 2.20 bits per heavy atom. The third kappa shape index (κ3) is 2.64. The second kappa shape index (κ2) is 2.86. The summed E-state index contributed by atoms with van der Waals surface area (Å²) >= 11 is 0. The van der Waals surface area contributed by atoms with Crippen molar-refractivity contribution in [3.63, 3.8) is 0 Å². The molecule has 1 rings (SSSR count). The van der Waals surface area contributed by atoms with Crippen LogP contribution in [-0.2, 0) is 10.3 Å². The topological polar surface area (TPSA) is 66.4 Å². The van der Waals surface area contributed by atoms with Gasteiger partial charge in [-0.1, -0.05) is 12.8 Å². The Morgan fingerprint density at radius 1 is 1.30 bits per heavy atom. The molecule has 0 heterocycles. The molecule has 0 aromatic heterocycles. The average Bonchev–Trinajstić information content (AvgIpc) is 2.12. The van der Waals surface area contributed by atoms with Crippen LogP contribution >= 0.6 is 0 Å². The summed E-state index contributed by atoms with van der Waals surface area (Å²) in [5, 5.41) is 0. The smallest absolute Gasteiger partial charge is 0.273 e. The van der Waals surface area contributed by atoms with Crippen molar-refractivity contribution in [2.75, 3.05) is 0 Å². The minimum atomic E-state index is -3.96. The Balaban J connectivity index is 2.38. The number of nitrogens with one attached hydrogen (secondary N) is 1. The van der Waals surface area contributed by atoms with E-state index in [1.807, 2.05) is 0 Å². The highest BCUT2D eigenvalue weighted by atomic mass is 32.2. The summed E-state index contributed by atoms with van der Waals surface area (Å²) < 4.78 is 30.9. The fourth-order valence-corrected chi connectivity index (χ4v) is 1.91. The van der Waals surface area contributed by atoms with Crippen molar-refractivity contribution in [2.45, 2.75) is 31.7 Å². The van der Waals surface area contributed by atoms with Crippen molar-refractivity contribution in [2.24, 2.45) is 0 Å². The van der Waals surface area contributed by atoms with Crippen LogP contribution in [0.1, 0.15) is 25.7 Å². The lowest BCUT2D eigenvalue weighted by molar-refractivity contribution is 0.452. The van der Waals surface area contributed by atoms with E-state index in [0.717, 1.165) is 25.7 Å². The van der Waals surface area contributed by atoms with Gasteiger partial charge < -0.3 is 0 Å². The molecule has 0 unspecified atom stereocenters. The SMILES string of the molecule is O=S(=O)(O)NC1CCCC1. The molecular formula is C5H11NO3S. The van der Waals surface area contributed by atoms with Gasteiger partial charge in [0.2, 0.25) is 0 Å². The molecule has 0 spiro atoms. The second-order valence-corrected chi connectivity index (χ2v) is 3.76. The Hall–Kier alpha value is -0.130. The maximum absolute atomic E-state index is 10.2. The zero-order valence-corrected chi connectivity index (χ0v) is 6.39. The predicted octanol–water partition coefficient (Wildman–Crippen LogP) is 0.321. The fourth-order valence-electron chi connectivity index (χ4n) is 1.25. The van der Waals surface area contributed by atoms with Crippen LogP contribution in [0.15, 0.2) is 0 Å². The quantitative estimate of drug-likeness (QED) is 0.579. The zero-order chi connectivity index (χ0) is 7.61. The lowest BCUT2D eigenvalue weighted by Gasteiger charge is -2.06. The van der Waals surface area contributed by atoms with E-state index >= 15 is 0 Å². The molecule has 0 saturated heterocycles. The van der Waals surface area contributed by atoms with E-state index in [9.17, 15) is 8.42 Å². The molecule has 0 aromatic rings. The number of hydrogen-bond acceptors (Lipinski definition) is 2. The van der Waals surface area contributed by atoms with Crippen molar-refractivity contribution in [1.29, 1.82) is 0 Å². The van der Waals surface area contributed by atoms with Crippen LogP contribution in [-0.4, -0.2) is 19.0 Å². The molecule has 4 nitrogen and oxygen atoms in total. The second-order valence-electron chi connectivity index (χ2n) is 2.57. The molecule has 0 amide bonds. The van der Waals surface area contributed by atoms with Crippen LogP contribution in [0.25, 0.3) is 0 Å². The summed E-state index contributed by atoms with van der Waals surface area (Å²) in [4.78, 5) is 0. The molecule has 5 heteroatoms. The van der Waals surface area contributed by atoms with Crippen molar-refractivity contribution in [3.05, 3.63) is 0 Å². The predicted molar refractivity (Wildman–Crippen MR) is 36.9 cm³/mol. The monoisotopic (exact) mass is 165 g/mol.